The lowest BCUT2D eigenvalue weighted by molar-refractivity contribution is -0.113. The lowest BCUT2D eigenvalue weighted by atomic mass is 9.78. The summed E-state index contributed by atoms with van der Waals surface area (Å²) in [7, 11) is 0. The molecule has 1 aromatic carbocycles. The van der Waals surface area contributed by atoms with E-state index in [4.69, 9.17) is 4.74 Å². The van der Waals surface area contributed by atoms with Crippen LogP contribution in [0.15, 0.2) is 18.2 Å². The minimum absolute atomic E-state index is 0.336. The molecule has 2 heteroatoms. The molecule has 3 atom stereocenters. The maximum Gasteiger partial charge on any atom is 0.0893 e. The van der Waals surface area contributed by atoms with Crippen molar-refractivity contribution in [2.24, 2.45) is 11.8 Å². The van der Waals surface area contributed by atoms with Crippen LogP contribution in [-0.4, -0.2) is 12.6 Å². The summed E-state index contributed by atoms with van der Waals surface area (Å²) in [6, 6.07) is 6.94. The molecule has 2 aliphatic heterocycles. The minimum atomic E-state index is 0.336. The van der Waals surface area contributed by atoms with Crippen LogP contribution in [0.5, 0.6) is 0 Å². The summed E-state index contributed by atoms with van der Waals surface area (Å²) >= 11 is 0. The first-order valence-electron chi connectivity index (χ1n) is 9.37. The first-order valence-corrected chi connectivity index (χ1v) is 9.37. The Morgan fingerprint density at radius 1 is 1.05 bits per heavy atom. The molecule has 120 valence electrons. The van der Waals surface area contributed by atoms with Crippen molar-refractivity contribution in [1.82, 2.24) is 0 Å². The van der Waals surface area contributed by atoms with Crippen molar-refractivity contribution in [3.05, 3.63) is 29.3 Å². The Kier molecular flexibility index (Phi) is 4.13. The van der Waals surface area contributed by atoms with Gasteiger partial charge in [-0.05, 0) is 49.7 Å². The second kappa shape index (κ2) is 6.23. The van der Waals surface area contributed by atoms with Crippen molar-refractivity contribution in [3.8, 4) is 0 Å². The number of anilines is 1. The zero-order valence-corrected chi connectivity index (χ0v) is 13.8. The molecule has 0 radical (unpaired) electrons. The van der Waals surface area contributed by atoms with Gasteiger partial charge < -0.3 is 10.1 Å². The molecular weight excluding hydrogens is 270 g/mol. The van der Waals surface area contributed by atoms with Gasteiger partial charge in [-0.15, -0.1) is 0 Å². The maximum atomic E-state index is 6.69. The summed E-state index contributed by atoms with van der Waals surface area (Å²) in [4.78, 5) is 0. The molecule has 22 heavy (non-hydrogen) atoms. The lowest BCUT2D eigenvalue weighted by Crippen LogP contribution is -2.40. The molecule has 2 fully saturated rings. The first-order chi connectivity index (χ1) is 10.8. The molecular formula is C20H29NO. The molecule has 0 spiro atoms. The average Bonchev–Trinajstić information content (AvgIpc) is 2.61. The monoisotopic (exact) mass is 299 g/mol. The van der Waals surface area contributed by atoms with E-state index in [-0.39, 0.29) is 0 Å². The molecule has 3 unspecified atom stereocenters. The molecule has 0 amide bonds. The van der Waals surface area contributed by atoms with E-state index in [1.54, 1.807) is 0 Å². The van der Waals surface area contributed by atoms with E-state index in [1.165, 1.54) is 61.8 Å². The Morgan fingerprint density at radius 2 is 1.91 bits per heavy atom. The van der Waals surface area contributed by atoms with Crippen molar-refractivity contribution in [1.29, 1.82) is 0 Å². The molecule has 2 nitrogen and oxygen atoms in total. The third-order valence-corrected chi connectivity index (χ3v) is 6.13. The van der Waals surface area contributed by atoms with Gasteiger partial charge in [0, 0.05) is 23.7 Å². The Hall–Kier alpha value is -1.02. The number of hydrogen-bond donors (Lipinski definition) is 1. The van der Waals surface area contributed by atoms with Gasteiger partial charge in [-0.2, -0.15) is 0 Å². The van der Waals surface area contributed by atoms with Gasteiger partial charge in [-0.25, -0.2) is 0 Å². The van der Waals surface area contributed by atoms with Crippen molar-refractivity contribution >= 4 is 5.69 Å². The molecule has 3 aliphatic rings. The topological polar surface area (TPSA) is 21.3 Å². The van der Waals surface area contributed by atoms with Crippen LogP contribution in [0.2, 0.25) is 0 Å². The highest BCUT2D eigenvalue weighted by Crippen LogP contribution is 2.45. The number of benzene rings is 1. The minimum Gasteiger partial charge on any atom is -0.384 e. The Bertz CT molecular complexity index is 520. The molecule has 4 rings (SSSR count). The number of ether oxygens (including phenoxy) is 1. The summed E-state index contributed by atoms with van der Waals surface area (Å²) in [6.45, 7) is 3.31. The number of nitrogens with one attached hydrogen (secondary N) is 1. The fourth-order valence-corrected chi connectivity index (χ4v) is 4.75. The Morgan fingerprint density at radius 3 is 2.73 bits per heavy atom. The second-order valence-electron chi connectivity index (χ2n) is 7.49. The smallest absolute Gasteiger partial charge is 0.0893 e. The van der Waals surface area contributed by atoms with E-state index in [1.807, 2.05) is 0 Å². The molecule has 0 aromatic heterocycles. The largest absolute Gasteiger partial charge is 0.384 e. The van der Waals surface area contributed by atoms with Crippen LogP contribution >= 0.6 is 0 Å². The van der Waals surface area contributed by atoms with Crippen molar-refractivity contribution < 1.29 is 4.74 Å². The summed E-state index contributed by atoms with van der Waals surface area (Å²) in [6.07, 6.45) is 11.6. The Balaban J connectivity index is 1.55. The zero-order valence-electron chi connectivity index (χ0n) is 13.8. The summed E-state index contributed by atoms with van der Waals surface area (Å²) in [5.41, 5.74) is 4.16. The highest BCUT2D eigenvalue weighted by Gasteiger charge is 2.38. The van der Waals surface area contributed by atoms with Crippen LogP contribution in [0.1, 0.15) is 69.1 Å². The van der Waals surface area contributed by atoms with Gasteiger partial charge in [-0.1, -0.05) is 38.3 Å². The van der Waals surface area contributed by atoms with Gasteiger partial charge in [0.05, 0.1) is 12.2 Å². The van der Waals surface area contributed by atoms with Crippen LogP contribution in [0, 0.1) is 11.8 Å². The van der Waals surface area contributed by atoms with Crippen LogP contribution < -0.4 is 5.32 Å². The number of fused-ring (bicyclic) bond motifs is 3. The van der Waals surface area contributed by atoms with Gasteiger partial charge in [-0.3, -0.25) is 0 Å². The number of hydrogen-bond acceptors (Lipinski definition) is 2. The molecule has 1 aliphatic carbocycles. The highest BCUT2D eigenvalue weighted by atomic mass is 16.5. The van der Waals surface area contributed by atoms with Gasteiger partial charge in [0.15, 0.2) is 0 Å². The molecule has 1 N–H and O–H groups in total. The fraction of sp³-hybridized carbons (Fsp3) is 0.700. The number of aryl methyl sites for hydroxylation is 1. The van der Waals surface area contributed by atoms with E-state index >= 15 is 0 Å². The van der Waals surface area contributed by atoms with Crippen molar-refractivity contribution in [2.75, 3.05) is 11.9 Å². The van der Waals surface area contributed by atoms with Gasteiger partial charge >= 0.3 is 0 Å². The summed E-state index contributed by atoms with van der Waals surface area (Å²) in [5, 5.41) is 3.65. The van der Waals surface area contributed by atoms with E-state index in [0.717, 1.165) is 18.9 Å². The molecule has 1 saturated carbocycles. The third-order valence-electron chi connectivity index (χ3n) is 6.13. The van der Waals surface area contributed by atoms with Crippen molar-refractivity contribution in [3.63, 3.8) is 0 Å². The molecule has 0 bridgehead atoms. The average molecular weight is 299 g/mol. The van der Waals surface area contributed by atoms with Crippen LogP contribution in [-0.2, 0) is 11.2 Å². The maximum absolute atomic E-state index is 6.69. The SMILES string of the molecule is CCc1ccc2c(c1)NCC1CCC(C3CCCCC3)OC21. The number of rotatable bonds is 2. The lowest BCUT2D eigenvalue weighted by Gasteiger charge is -2.44. The zero-order chi connectivity index (χ0) is 14.9. The van der Waals surface area contributed by atoms with Crippen molar-refractivity contribution in [2.45, 2.75) is 70.5 Å². The quantitative estimate of drug-likeness (QED) is 0.821. The molecule has 1 aromatic rings. The van der Waals surface area contributed by atoms with Gasteiger partial charge in [0.25, 0.3) is 0 Å². The normalized spacial score (nSPS) is 32.0. The molecule has 1 saturated heterocycles. The van der Waals surface area contributed by atoms with E-state index < -0.39 is 0 Å². The Labute approximate surface area is 134 Å². The second-order valence-corrected chi connectivity index (χ2v) is 7.49. The van der Waals surface area contributed by atoms with E-state index in [0.29, 0.717) is 18.1 Å². The van der Waals surface area contributed by atoms with Crippen LogP contribution in [0.4, 0.5) is 5.69 Å². The highest BCUT2D eigenvalue weighted by molar-refractivity contribution is 5.56. The van der Waals surface area contributed by atoms with E-state index in [2.05, 4.69) is 30.4 Å². The van der Waals surface area contributed by atoms with Gasteiger partial charge in [0.2, 0.25) is 0 Å². The fourth-order valence-electron chi connectivity index (χ4n) is 4.75. The molecule has 2 heterocycles. The summed E-state index contributed by atoms with van der Waals surface area (Å²) in [5.74, 6) is 1.49. The van der Waals surface area contributed by atoms with Gasteiger partial charge in [0.1, 0.15) is 0 Å². The predicted octanol–water partition coefficient (Wildman–Crippen LogP) is 5.09. The standard InChI is InChI=1S/C20H29NO/c1-2-14-8-10-17-18(12-14)21-13-16-9-11-19(22-20(16)17)15-6-4-3-5-7-15/h8,10,12,15-16,19-21H,2-7,9,11,13H2,1H3. The van der Waals surface area contributed by atoms with Crippen LogP contribution in [0.25, 0.3) is 0 Å². The van der Waals surface area contributed by atoms with E-state index in [9.17, 15) is 0 Å². The van der Waals surface area contributed by atoms with Crippen LogP contribution in [0.3, 0.4) is 0 Å². The first kappa shape index (κ1) is 14.6. The predicted molar refractivity (Wildman–Crippen MR) is 91.2 cm³/mol. The third kappa shape index (κ3) is 2.67. The summed E-state index contributed by atoms with van der Waals surface area (Å²) < 4.78 is 6.69.